The van der Waals surface area contributed by atoms with E-state index in [1.165, 1.54) is 16.6 Å². The van der Waals surface area contributed by atoms with E-state index < -0.39 is 0 Å². The summed E-state index contributed by atoms with van der Waals surface area (Å²) in [6.45, 7) is 6.91. The molecule has 2 aromatic carbocycles. The first-order valence-electron chi connectivity index (χ1n) is 14.6. The summed E-state index contributed by atoms with van der Waals surface area (Å²) in [5.41, 5.74) is 5.72. The molecule has 1 aliphatic carbocycles. The Bertz CT molecular complexity index is 1850. The highest BCUT2D eigenvalue weighted by Crippen LogP contribution is 2.45. The fourth-order valence-corrected chi connectivity index (χ4v) is 7.84. The van der Waals surface area contributed by atoms with Crippen LogP contribution in [0.4, 0.5) is 5.00 Å². The maximum Gasteiger partial charge on any atom is 0.235 e. The lowest BCUT2D eigenvalue weighted by molar-refractivity contribution is -0.113. The van der Waals surface area contributed by atoms with E-state index in [0.29, 0.717) is 27.5 Å². The van der Waals surface area contributed by atoms with Crippen molar-refractivity contribution in [3.63, 3.8) is 0 Å². The molecule has 0 saturated heterocycles. The van der Waals surface area contributed by atoms with Crippen LogP contribution in [0.2, 0.25) is 0 Å². The predicted molar refractivity (Wildman–Crippen MR) is 175 cm³/mol. The van der Waals surface area contributed by atoms with Crippen LogP contribution >= 0.6 is 23.1 Å². The van der Waals surface area contributed by atoms with Gasteiger partial charge >= 0.3 is 0 Å². The van der Waals surface area contributed by atoms with Crippen molar-refractivity contribution >= 4 is 44.9 Å². The molecule has 1 atom stereocenters. The molecular weight excluding hydrogens is 573 g/mol. The molecule has 9 heteroatoms. The topological polar surface area (TPSA) is 96.5 Å². The third-order valence-corrected chi connectivity index (χ3v) is 11.0. The molecule has 1 aliphatic rings. The van der Waals surface area contributed by atoms with E-state index in [1.807, 2.05) is 66.2 Å². The first-order valence-corrected chi connectivity index (χ1v) is 16.4. The predicted octanol–water partition coefficient (Wildman–Crippen LogP) is 7.90. The number of carbonyl (C=O) groups is 1. The molecule has 0 aliphatic heterocycles. The second kappa shape index (κ2) is 11.9. The summed E-state index contributed by atoms with van der Waals surface area (Å²) in [4.78, 5) is 19.2. The van der Waals surface area contributed by atoms with E-state index in [2.05, 4.69) is 48.4 Å². The van der Waals surface area contributed by atoms with Gasteiger partial charge in [-0.15, -0.1) is 21.5 Å². The number of hydrogen-bond donors (Lipinski definition) is 1. The van der Waals surface area contributed by atoms with Gasteiger partial charge in [0.05, 0.1) is 22.5 Å². The van der Waals surface area contributed by atoms with Crippen LogP contribution in [-0.4, -0.2) is 31.4 Å². The van der Waals surface area contributed by atoms with E-state index in [4.69, 9.17) is 4.98 Å². The lowest BCUT2D eigenvalue weighted by atomic mass is 9.69. The molecule has 1 unspecified atom stereocenters. The third kappa shape index (κ3) is 5.69. The molecule has 218 valence electrons. The molecule has 5 aromatic rings. The number of fused-ring (bicyclic) bond motifs is 2. The van der Waals surface area contributed by atoms with Gasteiger partial charge in [0.1, 0.15) is 11.1 Å². The monoisotopic (exact) mass is 606 g/mol. The number of nitrogens with zero attached hydrogens (tertiary/aromatic N) is 5. The molecule has 3 heterocycles. The van der Waals surface area contributed by atoms with Gasteiger partial charge in [0.2, 0.25) is 5.91 Å². The fraction of sp³-hybridized carbons (Fsp3) is 0.324. The molecule has 7 nitrogen and oxygen atoms in total. The molecule has 0 radical (unpaired) electrons. The molecule has 0 bridgehead atoms. The number of thiophene rings is 1. The second-order valence-corrected chi connectivity index (χ2v) is 13.8. The van der Waals surface area contributed by atoms with Crippen molar-refractivity contribution in [3.05, 3.63) is 76.7 Å². The number of pyridine rings is 1. The summed E-state index contributed by atoms with van der Waals surface area (Å²) in [6.07, 6.45) is 4.07. The Morgan fingerprint density at radius 2 is 1.93 bits per heavy atom. The van der Waals surface area contributed by atoms with Crippen molar-refractivity contribution < 1.29 is 4.79 Å². The Hall–Kier alpha value is -4.00. The molecule has 0 spiro atoms. The third-order valence-electron chi connectivity index (χ3n) is 8.84. The molecule has 1 N–H and O–H groups in total. The number of aromatic nitrogens is 4. The largest absolute Gasteiger partial charge is 0.316 e. The Morgan fingerprint density at radius 1 is 1.16 bits per heavy atom. The second-order valence-electron chi connectivity index (χ2n) is 11.7. The minimum Gasteiger partial charge on any atom is -0.316 e. The van der Waals surface area contributed by atoms with Crippen molar-refractivity contribution in [2.75, 3.05) is 11.1 Å². The van der Waals surface area contributed by atoms with E-state index in [1.54, 1.807) is 11.3 Å². The van der Waals surface area contributed by atoms with Crippen molar-refractivity contribution in [2.24, 2.45) is 18.4 Å². The van der Waals surface area contributed by atoms with Crippen LogP contribution in [0.1, 0.15) is 49.6 Å². The average Bonchev–Trinajstić information content (AvgIpc) is 3.57. The van der Waals surface area contributed by atoms with Crippen LogP contribution in [0.3, 0.4) is 0 Å². The van der Waals surface area contributed by atoms with Crippen molar-refractivity contribution in [2.45, 2.75) is 51.6 Å². The lowest BCUT2D eigenvalue weighted by Crippen LogP contribution is -2.28. The van der Waals surface area contributed by atoms with Crippen LogP contribution in [0.15, 0.2) is 65.8 Å². The van der Waals surface area contributed by atoms with Gasteiger partial charge in [0.25, 0.3) is 0 Å². The number of amides is 1. The first-order chi connectivity index (χ1) is 20.8. The van der Waals surface area contributed by atoms with Gasteiger partial charge in [-0.3, -0.25) is 4.79 Å². The minimum absolute atomic E-state index is 0.157. The minimum atomic E-state index is -0.157. The van der Waals surface area contributed by atoms with Crippen LogP contribution in [0.25, 0.3) is 33.5 Å². The van der Waals surface area contributed by atoms with Gasteiger partial charge in [0, 0.05) is 28.4 Å². The number of hydrogen-bond acceptors (Lipinski definition) is 7. The number of rotatable bonds is 8. The summed E-state index contributed by atoms with van der Waals surface area (Å²) in [7, 11) is 1.92. The maximum atomic E-state index is 13.1. The molecular formula is C34H34N6OS2. The molecule has 0 fully saturated rings. The number of nitriles is 1. The number of carbonyl (C=O) groups excluding carboxylic acids is 1. The molecule has 3 aromatic heterocycles. The van der Waals surface area contributed by atoms with Crippen LogP contribution in [0.5, 0.6) is 0 Å². The van der Waals surface area contributed by atoms with Gasteiger partial charge in [-0.1, -0.05) is 87.5 Å². The fourth-order valence-electron chi connectivity index (χ4n) is 5.83. The van der Waals surface area contributed by atoms with Crippen LogP contribution < -0.4 is 5.32 Å². The van der Waals surface area contributed by atoms with Gasteiger partial charge in [-0.05, 0) is 48.3 Å². The van der Waals surface area contributed by atoms with Crippen LogP contribution in [-0.2, 0) is 24.7 Å². The summed E-state index contributed by atoms with van der Waals surface area (Å²) >= 11 is 2.90. The smallest absolute Gasteiger partial charge is 0.235 e. The maximum absolute atomic E-state index is 13.1. The normalized spacial score (nSPS) is 14.8. The van der Waals surface area contributed by atoms with Crippen molar-refractivity contribution in [1.29, 1.82) is 5.26 Å². The standard InChI is InChI=1S/C34H34N6OS2/c1-5-34(2,3)22-15-16-24-26(19-35)32(43-29(24)17-22)37-30(41)20-42-33-39-38-31(40(33)4)25-18-28(21-11-7-6-8-12-21)36-27-14-10-9-13-23(25)27/h6-14,18,22H,5,15-17,20H2,1-4H3,(H,37,41). The zero-order valence-corrected chi connectivity index (χ0v) is 26.5. The number of para-hydroxylation sites is 1. The van der Waals surface area contributed by atoms with E-state index >= 15 is 0 Å². The van der Waals surface area contributed by atoms with E-state index in [-0.39, 0.29) is 17.1 Å². The molecule has 6 rings (SSSR count). The lowest BCUT2D eigenvalue weighted by Gasteiger charge is -2.36. The Balaban J connectivity index is 1.20. The van der Waals surface area contributed by atoms with Gasteiger partial charge in [-0.25, -0.2) is 4.98 Å². The summed E-state index contributed by atoms with van der Waals surface area (Å²) in [5, 5.41) is 24.2. The van der Waals surface area contributed by atoms with Gasteiger partial charge < -0.3 is 9.88 Å². The first kappa shape index (κ1) is 29.1. The number of anilines is 1. The molecule has 0 saturated carbocycles. The quantitative estimate of drug-likeness (QED) is 0.180. The van der Waals surface area contributed by atoms with Gasteiger partial charge in [0.15, 0.2) is 11.0 Å². The number of benzene rings is 2. The molecule has 1 amide bonds. The van der Waals surface area contributed by atoms with Gasteiger partial charge in [-0.2, -0.15) is 5.26 Å². The Labute approximate surface area is 260 Å². The van der Waals surface area contributed by atoms with E-state index in [0.717, 1.165) is 59.0 Å². The van der Waals surface area contributed by atoms with Crippen LogP contribution in [0, 0.1) is 22.7 Å². The van der Waals surface area contributed by atoms with E-state index in [9.17, 15) is 10.1 Å². The number of nitrogens with one attached hydrogen (secondary N) is 1. The van der Waals surface area contributed by atoms with Crippen molar-refractivity contribution in [1.82, 2.24) is 19.7 Å². The Kier molecular flexibility index (Phi) is 8.08. The molecule has 43 heavy (non-hydrogen) atoms. The summed E-state index contributed by atoms with van der Waals surface area (Å²) in [5.74, 6) is 1.30. The summed E-state index contributed by atoms with van der Waals surface area (Å²) < 4.78 is 1.93. The average molecular weight is 607 g/mol. The zero-order valence-electron chi connectivity index (χ0n) is 24.8. The zero-order chi connectivity index (χ0) is 30.1. The summed E-state index contributed by atoms with van der Waals surface area (Å²) in [6, 6.07) is 22.5. The number of thioether (sulfide) groups is 1. The highest BCUT2D eigenvalue weighted by atomic mass is 32.2. The highest BCUT2D eigenvalue weighted by molar-refractivity contribution is 7.99. The highest BCUT2D eigenvalue weighted by Gasteiger charge is 2.34. The SMILES string of the molecule is CCC(C)(C)C1CCc2c(sc(NC(=O)CSc3nnc(-c4cc(-c5ccccc5)nc5ccccc45)n3C)c2C#N)C1. The Morgan fingerprint density at radius 3 is 2.70 bits per heavy atom. The van der Waals surface area contributed by atoms with Crippen molar-refractivity contribution in [3.8, 4) is 28.7 Å².